The van der Waals surface area contributed by atoms with E-state index < -0.39 is 6.04 Å². The molecule has 2 aromatic carbocycles. The highest BCUT2D eigenvalue weighted by Crippen LogP contribution is 2.34. The first-order chi connectivity index (χ1) is 9.56. The van der Waals surface area contributed by atoms with Gasteiger partial charge in [0.05, 0.1) is 0 Å². The zero-order chi connectivity index (χ0) is 14.3. The van der Waals surface area contributed by atoms with E-state index in [0.29, 0.717) is 5.69 Å². The van der Waals surface area contributed by atoms with E-state index in [1.54, 1.807) is 6.07 Å². The van der Waals surface area contributed by atoms with Crippen molar-refractivity contribution >= 4 is 23.0 Å². The number of nitrogens with one attached hydrogen (secondary N) is 1. The Morgan fingerprint density at radius 3 is 2.70 bits per heavy atom. The number of rotatable bonds is 2. The second-order valence-corrected chi connectivity index (χ2v) is 4.78. The van der Waals surface area contributed by atoms with Crippen molar-refractivity contribution < 1.29 is 9.18 Å². The summed E-state index contributed by atoms with van der Waals surface area (Å²) in [7, 11) is 1.84. The van der Waals surface area contributed by atoms with Crippen LogP contribution in [0.2, 0.25) is 0 Å². The Labute approximate surface area is 116 Å². The van der Waals surface area contributed by atoms with Crippen LogP contribution in [0.1, 0.15) is 11.6 Å². The topological polar surface area (TPSA) is 58.4 Å². The molecule has 3 rings (SSSR count). The minimum absolute atomic E-state index is 0.203. The molecule has 3 N–H and O–H groups in total. The van der Waals surface area contributed by atoms with Crippen LogP contribution in [0.4, 0.5) is 21.5 Å². The molecule has 0 radical (unpaired) electrons. The summed E-state index contributed by atoms with van der Waals surface area (Å²) in [6, 6.07) is 11.3. The van der Waals surface area contributed by atoms with Gasteiger partial charge >= 0.3 is 0 Å². The molecule has 20 heavy (non-hydrogen) atoms. The van der Waals surface area contributed by atoms with Gasteiger partial charge in [0.2, 0.25) is 5.91 Å². The molecule has 1 atom stereocenters. The maximum Gasteiger partial charge on any atom is 0.245 e. The fraction of sp³-hybridized carbons (Fsp3) is 0.133. The summed E-state index contributed by atoms with van der Waals surface area (Å²) in [4.78, 5) is 13.4. The van der Waals surface area contributed by atoms with Gasteiger partial charge in [0.15, 0.2) is 0 Å². The molecular weight excluding hydrogens is 257 g/mol. The second kappa shape index (κ2) is 4.61. The zero-order valence-corrected chi connectivity index (χ0v) is 10.9. The van der Waals surface area contributed by atoms with E-state index in [-0.39, 0.29) is 11.7 Å². The molecule has 102 valence electrons. The Kier molecular flexibility index (Phi) is 2.91. The molecule has 1 unspecified atom stereocenters. The Hall–Kier alpha value is -2.40. The van der Waals surface area contributed by atoms with E-state index in [9.17, 15) is 9.18 Å². The molecule has 1 aliphatic rings. The van der Waals surface area contributed by atoms with Crippen molar-refractivity contribution in [1.29, 1.82) is 0 Å². The number of carbonyl (C=O) groups excluding carboxylic acids is 1. The summed E-state index contributed by atoms with van der Waals surface area (Å²) in [6.07, 6.45) is 0. The van der Waals surface area contributed by atoms with Crippen molar-refractivity contribution in [2.24, 2.45) is 5.73 Å². The first-order valence-electron chi connectivity index (χ1n) is 6.26. The van der Waals surface area contributed by atoms with E-state index in [4.69, 9.17) is 5.73 Å². The highest BCUT2D eigenvalue weighted by Gasteiger charge is 2.27. The maximum absolute atomic E-state index is 13.3. The lowest BCUT2D eigenvalue weighted by Gasteiger charge is -2.20. The van der Waals surface area contributed by atoms with Gasteiger partial charge in [-0.05, 0) is 30.3 Å². The lowest BCUT2D eigenvalue weighted by atomic mass is 10.1. The lowest BCUT2D eigenvalue weighted by molar-refractivity contribution is -0.116. The number of amides is 1. The highest BCUT2D eigenvalue weighted by molar-refractivity contribution is 6.03. The van der Waals surface area contributed by atoms with Gasteiger partial charge in [-0.1, -0.05) is 12.1 Å². The molecule has 1 aliphatic heterocycles. The predicted molar refractivity (Wildman–Crippen MR) is 76.5 cm³/mol. The third-order valence-electron chi connectivity index (χ3n) is 3.50. The largest absolute Gasteiger partial charge is 0.344 e. The van der Waals surface area contributed by atoms with Crippen molar-refractivity contribution in [1.82, 2.24) is 0 Å². The molecule has 0 fully saturated rings. The van der Waals surface area contributed by atoms with Crippen LogP contribution in [-0.2, 0) is 4.79 Å². The fourth-order valence-corrected chi connectivity index (χ4v) is 2.32. The molecule has 5 heteroatoms. The maximum atomic E-state index is 13.3. The van der Waals surface area contributed by atoms with Crippen LogP contribution >= 0.6 is 0 Å². The Bertz CT molecular complexity index is 687. The van der Waals surface area contributed by atoms with E-state index in [1.165, 1.54) is 12.1 Å². The van der Waals surface area contributed by atoms with Crippen LogP contribution in [0.25, 0.3) is 0 Å². The fourth-order valence-electron chi connectivity index (χ4n) is 2.32. The quantitative estimate of drug-likeness (QED) is 0.882. The van der Waals surface area contributed by atoms with Crippen molar-refractivity contribution in [2.45, 2.75) is 6.04 Å². The van der Waals surface area contributed by atoms with E-state index in [2.05, 4.69) is 5.32 Å². The van der Waals surface area contributed by atoms with Gasteiger partial charge in [-0.2, -0.15) is 0 Å². The van der Waals surface area contributed by atoms with E-state index in [0.717, 1.165) is 16.9 Å². The minimum atomic E-state index is -0.612. The van der Waals surface area contributed by atoms with Gasteiger partial charge in [0, 0.05) is 29.7 Å². The molecule has 1 amide bonds. The van der Waals surface area contributed by atoms with Crippen molar-refractivity contribution in [3.63, 3.8) is 0 Å². The number of anilines is 3. The summed E-state index contributed by atoms with van der Waals surface area (Å²) in [5.41, 5.74) is 8.85. The van der Waals surface area contributed by atoms with E-state index in [1.807, 2.05) is 36.2 Å². The van der Waals surface area contributed by atoms with Crippen LogP contribution < -0.4 is 16.0 Å². The molecule has 0 saturated heterocycles. The Morgan fingerprint density at radius 2 is 1.95 bits per heavy atom. The van der Waals surface area contributed by atoms with Crippen LogP contribution in [0.15, 0.2) is 42.5 Å². The first-order valence-corrected chi connectivity index (χ1v) is 6.26. The van der Waals surface area contributed by atoms with Gasteiger partial charge in [0.25, 0.3) is 0 Å². The average molecular weight is 271 g/mol. The second-order valence-electron chi connectivity index (χ2n) is 4.78. The summed E-state index contributed by atoms with van der Waals surface area (Å²) in [5, 5.41) is 2.74. The molecule has 2 aromatic rings. The van der Waals surface area contributed by atoms with Crippen LogP contribution in [0.5, 0.6) is 0 Å². The van der Waals surface area contributed by atoms with Crippen LogP contribution in [-0.4, -0.2) is 13.0 Å². The first kappa shape index (κ1) is 12.6. The van der Waals surface area contributed by atoms with Crippen molar-refractivity contribution in [3.8, 4) is 0 Å². The summed E-state index contributed by atoms with van der Waals surface area (Å²) in [5.74, 6) is -0.489. The SMILES string of the molecule is CN(c1cccc(F)c1)c1ccc2c(c1)NC(=O)C2N. The molecule has 0 aromatic heterocycles. The number of benzene rings is 2. The summed E-state index contributed by atoms with van der Waals surface area (Å²) < 4.78 is 13.3. The summed E-state index contributed by atoms with van der Waals surface area (Å²) >= 11 is 0. The smallest absolute Gasteiger partial charge is 0.245 e. The Morgan fingerprint density at radius 1 is 1.20 bits per heavy atom. The van der Waals surface area contributed by atoms with Gasteiger partial charge in [-0.3, -0.25) is 4.79 Å². The molecule has 0 saturated carbocycles. The van der Waals surface area contributed by atoms with Crippen molar-refractivity contribution in [3.05, 3.63) is 53.8 Å². The molecule has 1 heterocycles. The van der Waals surface area contributed by atoms with Gasteiger partial charge in [0.1, 0.15) is 11.9 Å². The zero-order valence-electron chi connectivity index (χ0n) is 10.9. The van der Waals surface area contributed by atoms with Crippen LogP contribution in [0.3, 0.4) is 0 Å². The number of hydrogen-bond acceptors (Lipinski definition) is 3. The number of hydrogen-bond donors (Lipinski definition) is 2. The minimum Gasteiger partial charge on any atom is -0.344 e. The van der Waals surface area contributed by atoms with Gasteiger partial charge < -0.3 is 16.0 Å². The number of nitrogens with two attached hydrogens (primary N) is 1. The number of carbonyl (C=O) groups is 1. The Balaban J connectivity index is 1.96. The third kappa shape index (κ3) is 2.02. The summed E-state index contributed by atoms with van der Waals surface area (Å²) in [6.45, 7) is 0. The number of fused-ring (bicyclic) bond motifs is 1. The highest BCUT2D eigenvalue weighted by atomic mass is 19.1. The van der Waals surface area contributed by atoms with E-state index >= 15 is 0 Å². The molecular formula is C15H14FN3O. The third-order valence-corrected chi connectivity index (χ3v) is 3.50. The molecule has 4 nitrogen and oxygen atoms in total. The molecule has 0 aliphatic carbocycles. The molecule has 0 spiro atoms. The number of nitrogens with zero attached hydrogens (tertiary/aromatic N) is 1. The van der Waals surface area contributed by atoms with Crippen LogP contribution in [0, 0.1) is 5.82 Å². The van der Waals surface area contributed by atoms with Gasteiger partial charge in [-0.15, -0.1) is 0 Å². The normalized spacial score (nSPS) is 16.8. The van der Waals surface area contributed by atoms with Crippen molar-refractivity contribution in [2.75, 3.05) is 17.3 Å². The predicted octanol–water partition coefficient (Wildman–Crippen LogP) is 2.55. The standard InChI is InChI=1S/C15H14FN3O/c1-19(10-4-2-3-9(16)7-10)11-5-6-12-13(8-11)18-15(20)14(12)17/h2-8,14H,17H2,1H3,(H,18,20). The lowest BCUT2D eigenvalue weighted by Crippen LogP contribution is -2.19. The van der Waals surface area contributed by atoms with Gasteiger partial charge in [-0.25, -0.2) is 4.39 Å². The number of halogens is 1. The monoisotopic (exact) mass is 271 g/mol. The average Bonchev–Trinajstić information content (AvgIpc) is 2.73. The molecule has 0 bridgehead atoms.